The molecule has 1 amide bonds. The molecular formula is C21H22N2O. The zero-order valence-electron chi connectivity index (χ0n) is 14.1. The highest BCUT2D eigenvalue weighted by molar-refractivity contribution is 5.94. The summed E-state index contributed by atoms with van der Waals surface area (Å²) in [4.78, 5) is 16.0. The number of rotatable bonds is 2. The van der Waals surface area contributed by atoms with Crippen molar-refractivity contribution < 1.29 is 4.79 Å². The van der Waals surface area contributed by atoms with Crippen molar-refractivity contribution in [3.05, 3.63) is 70.4 Å². The zero-order valence-corrected chi connectivity index (χ0v) is 14.1. The number of aromatic nitrogens is 1. The normalized spacial score (nSPS) is 16.8. The molecular weight excluding hydrogens is 296 g/mol. The molecule has 0 fully saturated rings. The Kier molecular flexibility index (Phi) is 3.64. The fraction of sp³-hybridized carbons (Fsp3) is 0.286. The molecule has 4 rings (SSSR count). The molecule has 3 nitrogen and oxygen atoms in total. The summed E-state index contributed by atoms with van der Waals surface area (Å²) in [5, 5.41) is 4.54. The minimum absolute atomic E-state index is 0.0269. The van der Waals surface area contributed by atoms with Crippen LogP contribution in [0.4, 0.5) is 0 Å². The van der Waals surface area contributed by atoms with Crippen LogP contribution in [0, 0.1) is 13.8 Å². The van der Waals surface area contributed by atoms with E-state index >= 15 is 0 Å². The summed E-state index contributed by atoms with van der Waals surface area (Å²) in [5.74, 6) is 0.0269. The van der Waals surface area contributed by atoms with Crippen molar-refractivity contribution in [3.8, 4) is 0 Å². The van der Waals surface area contributed by atoms with Gasteiger partial charge in [-0.1, -0.05) is 29.3 Å². The molecule has 0 saturated carbocycles. The van der Waals surface area contributed by atoms with Crippen molar-refractivity contribution in [2.75, 3.05) is 0 Å². The molecule has 1 aliphatic rings. The standard InChI is InChI=1S/C21H22N2O/c1-13-4-3-5-15(10-13)21(24)22-16-7-8-17-18-11-14(2)6-9-19(18)23-20(17)12-16/h3-6,9-11,16,23H,7-8,12H2,1-2H3,(H,22,24). The van der Waals surface area contributed by atoms with Crippen LogP contribution in [0.1, 0.15) is 39.2 Å². The minimum Gasteiger partial charge on any atom is -0.358 e. The first-order valence-corrected chi connectivity index (χ1v) is 8.58. The Morgan fingerprint density at radius 2 is 1.96 bits per heavy atom. The Hall–Kier alpha value is -2.55. The summed E-state index contributed by atoms with van der Waals surface area (Å²) in [5.41, 5.74) is 7.05. The minimum atomic E-state index is 0.0269. The van der Waals surface area contributed by atoms with Crippen molar-refractivity contribution in [2.45, 2.75) is 39.2 Å². The molecule has 3 aromatic rings. The lowest BCUT2D eigenvalue weighted by Gasteiger charge is -2.23. The van der Waals surface area contributed by atoms with Gasteiger partial charge in [0.1, 0.15) is 0 Å². The van der Waals surface area contributed by atoms with E-state index in [-0.39, 0.29) is 11.9 Å². The summed E-state index contributed by atoms with van der Waals surface area (Å²) in [6, 6.07) is 14.5. The van der Waals surface area contributed by atoms with Gasteiger partial charge in [-0.05, 0) is 56.5 Å². The SMILES string of the molecule is Cc1cccc(C(=O)NC2CCc3c([nH]c4ccc(C)cc34)C2)c1. The van der Waals surface area contributed by atoms with Gasteiger partial charge in [0.2, 0.25) is 0 Å². The summed E-state index contributed by atoms with van der Waals surface area (Å²) in [6.07, 6.45) is 2.88. The van der Waals surface area contributed by atoms with Crippen LogP contribution in [0.5, 0.6) is 0 Å². The number of carbonyl (C=O) groups excluding carboxylic acids is 1. The van der Waals surface area contributed by atoms with Crippen molar-refractivity contribution in [1.82, 2.24) is 10.3 Å². The number of hydrogen-bond donors (Lipinski definition) is 2. The maximum Gasteiger partial charge on any atom is 0.251 e. The Balaban J connectivity index is 1.54. The molecule has 1 aromatic heterocycles. The Bertz CT molecular complexity index is 923. The van der Waals surface area contributed by atoms with Crippen LogP contribution in [-0.4, -0.2) is 16.9 Å². The molecule has 0 spiro atoms. The molecule has 0 radical (unpaired) electrons. The van der Waals surface area contributed by atoms with E-state index < -0.39 is 0 Å². The van der Waals surface area contributed by atoms with Gasteiger partial charge < -0.3 is 10.3 Å². The van der Waals surface area contributed by atoms with Crippen LogP contribution in [0.25, 0.3) is 10.9 Å². The first-order valence-electron chi connectivity index (χ1n) is 8.58. The second kappa shape index (κ2) is 5.82. The number of H-pyrrole nitrogens is 1. The molecule has 2 N–H and O–H groups in total. The van der Waals surface area contributed by atoms with E-state index in [2.05, 4.69) is 35.4 Å². The molecule has 0 aliphatic heterocycles. The number of nitrogens with one attached hydrogen (secondary N) is 2. The van der Waals surface area contributed by atoms with Crippen molar-refractivity contribution in [3.63, 3.8) is 0 Å². The number of hydrogen-bond acceptors (Lipinski definition) is 1. The van der Waals surface area contributed by atoms with Crippen molar-refractivity contribution in [1.29, 1.82) is 0 Å². The average Bonchev–Trinajstić information content (AvgIpc) is 2.92. The van der Waals surface area contributed by atoms with Crippen molar-refractivity contribution in [2.24, 2.45) is 0 Å². The van der Waals surface area contributed by atoms with Crippen LogP contribution in [0.15, 0.2) is 42.5 Å². The third-order valence-corrected chi connectivity index (χ3v) is 4.96. The lowest BCUT2D eigenvalue weighted by atomic mass is 9.91. The van der Waals surface area contributed by atoms with Crippen LogP contribution in [0.3, 0.4) is 0 Å². The first kappa shape index (κ1) is 15.0. The fourth-order valence-electron chi connectivity index (χ4n) is 3.72. The number of benzene rings is 2. The maximum absolute atomic E-state index is 12.5. The van der Waals surface area contributed by atoms with Gasteiger partial charge in [-0.3, -0.25) is 4.79 Å². The number of aromatic amines is 1. The second-order valence-corrected chi connectivity index (χ2v) is 6.91. The highest BCUT2D eigenvalue weighted by Crippen LogP contribution is 2.30. The monoisotopic (exact) mass is 318 g/mol. The molecule has 1 unspecified atom stereocenters. The summed E-state index contributed by atoms with van der Waals surface area (Å²) < 4.78 is 0. The van der Waals surface area contributed by atoms with Gasteiger partial charge in [-0.25, -0.2) is 0 Å². The number of fused-ring (bicyclic) bond motifs is 3. The number of amides is 1. The Morgan fingerprint density at radius 1 is 1.12 bits per heavy atom. The van der Waals surface area contributed by atoms with E-state index in [9.17, 15) is 4.79 Å². The van der Waals surface area contributed by atoms with Crippen LogP contribution in [-0.2, 0) is 12.8 Å². The van der Waals surface area contributed by atoms with Crippen LogP contribution >= 0.6 is 0 Å². The van der Waals surface area contributed by atoms with Gasteiger partial charge >= 0.3 is 0 Å². The third kappa shape index (κ3) is 2.71. The van der Waals surface area contributed by atoms with Gasteiger partial charge in [0, 0.05) is 34.6 Å². The molecule has 3 heteroatoms. The first-order chi connectivity index (χ1) is 11.6. The Labute approximate surface area is 142 Å². The third-order valence-electron chi connectivity index (χ3n) is 4.96. The van der Waals surface area contributed by atoms with E-state index in [4.69, 9.17) is 0 Å². The Morgan fingerprint density at radius 3 is 2.79 bits per heavy atom. The summed E-state index contributed by atoms with van der Waals surface area (Å²) >= 11 is 0. The highest BCUT2D eigenvalue weighted by atomic mass is 16.1. The average molecular weight is 318 g/mol. The quantitative estimate of drug-likeness (QED) is 0.735. The van der Waals surface area contributed by atoms with Crippen molar-refractivity contribution >= 4 is 16.8 Å². The molecule has 2 aromatic carbocycles. The highest BCUT2D eigenvalue weighted by Gasteiger charge is 2.24. The van der Waals surface area contributed by atoms with Gasteiger partial charge in [-0.15, -0.1) is 0 Å². The molecule has 1 aliphatic carbocycles. The molecule has 1 atom stereocenters. The van der Waals surface area contributed by atoms with E-state index in [1.54, 1.807) is 0 Å². The van der Waals surface area contributed by atoms with Gasteiger partial charge in [-0.2, -0.15) is 0 Å². The molecule has 24 heavy (non-hydrogen) atoms. The smallest absolute Gasteiger partial charge is 0.251 e. The topological polar surface area (TPSA) is 44.9 Å². The predicted octanol–water partition coefficient (Wildman–Crippen LogP) is 4.07. The van der Waals surface area contributed by atoms with Gasteiger partial charge in [0.05, 0.1) is 0 Å². The molecule has 0 bridgehead atoms. The molecule has 0 saturated heterocycles. The predicted molar refractivity (Wildman–Crippen MR) is 97.5 cm³/mol. The maximum atomic E-state index is 12.5. The summed E-state index contributed by atoms with van der Waals surface area (Å²) in [7, 11) is 0. The number of aryl methyl sites for hydroxylation is 3. The van der Waals surface area contributed by atoms with E-state index in [0.29, 0.717) is 0 Å². The van der Waals surface area contributed by atoms with Crippen LogP contribution < -0.4 is 5.32 Å². The molecule has 122 valence electrons. The van der Waals surface area contributed by atoms with Gasteiger partial charge in [0.15, 0.2) is 0 Å². The molecule has 1 heterocycles. The second-order valence-electron chi connectivity index (χ2n) is 6.91. The van der Waals surface area contributed by atoms with E-state index in [0.717, 1.165) is 30.4 Å². The fourth-order valence-corrected chi connectivity index (χ4v) is 3.72. The van der Waals surface area contributed by atoms with E-state index in [1.165, 1.54) is 27.7 Å². The number of carbonyl (C=O) groups is 1. The van der Waals surface area contributed by atoms with E-state index in [1.807, 2.05) is 31.2 Å². The largest absolute Gasteiger partial charge is 0.358 e. The van der Waals surface area contributed by atoms with Gasteiger partial charge in [0.25, 0.3) is 5.91 Å². The lowest BCUT2D eigenvalue weighted by molar-refractivity contribution is 0.0933. The zero-order chi connectivity index (χ0) is 16.7. The van der Waals surface area contributed by atoms with Crippen LogP contribution in [0.2, 0.25) is 0 Å². The summed E-state index contributed by atoms with van der Waals surface area (Å²) in [6.45, 7) is 4.14. The lowest BCUT2D eigenvalue weighted by Crippen LogP contribution is -2.38.